The normalized spacial score (nSPS) is 12.7. The number of benzene rings is 2. The summed E-state index contributed by atoms with van der Waals surface area (Å²) in [7, 11) is -1.68. The van der Waals surface area contributed by atoms with Gasteiger partial charge in [-0.05, 0) is 29.3 Å². The standard InChI is InChI=1S/C20H25NO5S/c1-3-27(23,24)16-10-8-15(9-11-16)19(14-26-13-12-25-2)17-6-4-5-7-18(17)20(21)22/h4-11,19H,3,12-14H2,1-2H3,(H2,21,22)/t19-/m1/s1. The minimum atomic E-state index is -3.27. The number of carbonyl (C=O) groups excluding carboxylic acids is 1. The zero-order valence-corrected chi connectivity index (χ0v) is 16.4. The van der Waals surface area contributed by atoms with Crippen molar-refractivity contribution in [3.63, 3.8) is 0 Å². The van der Waals surface area contributed by atoms with Crippen LogP contribution < -0.4 is 5.73 Å². The summed E-state index contributed by atoms with van der Waals surface area (Å²) in [6.45, 7) is 2.79. The Hall–Kier alpha value is -2.22. The van der Waals surface area contributed by atoms with E-state index in [9.17, 15) is 13.2 Å². The lowest BCUT2D eigenvalue weighted by Gasteiger charge is -2.20. The van der Waals surface area contributed by atoms with Gasteiger partial charge in [0.1, 0.15) is 0 Å². The van der Waals surface area contributed by atoms with Crippen molar-refractivity contribution in [2.24, 2.45) is 5.73 Å². The van der Waals surface area contributed by atoms with Gasteiger partial charge >= 0.3 is 0 Å². The zero-order chi connectivity index (χ0) is 19.9. The molecule has 2 aromatic rings. The summed E-state index contributed by atoms with van der Waals surface area (Å²) < 4.78 is 34.8. The summed E-state index contributed by atoms with van der Waals surface area (Å²) in [6, 6.07) is 13.8. The van der Waals surface area contributed by atoms with Crippen LogP contribution in [0.25, 0.3) is 0 Å². The lowest BCUT2D eigenvalue weighted by atomic mass is 9.88. The number of rotatable bonds is 10. The Bertz CT molecular complexity index is 862. The van der Waals surface area contributed by atoms with Gasteiger partial charge in [0, 0.05) is 18.6 Å². The summed E-state index contributed by atoms with van der Waals surface area (Å²) in [5, 5.41) is 0. The molecule has 2 rings (SSSR count). The van der Waals surface area contributed by atoms with Crippen molar-refractivity contribution in [1.82, 2.24) is 0 Å². The predicted molar refractivity (Wildman–Crippen MR) is 104 cm³/mol. The molecule has 0 fully saturated rings. The van der Waals surface area contributed by atoms with E-state index in [2.05, 4.69) is 0 Å². The molecule has 7 heteroatoms. The Morgan fingerprint density at radius 2 is 1.74 bits per heavy atom. The van der Waals surface area contributed by atoms with Gasteiger partial charge in [0.2, 0.25) is 5.91 Å². The van der Waals surface area contributed by atoms with Crippen LogP contribution in [-0.4, -0.2) is 47.0 Å². The fourth-order valence-electron chi connectivity index (χ4n) is 2.81. The van der Waals surface area contributed by atoms with Gasteiger partial charge in [-0.15, -0.1) is 0 Å². The van der Waals surface area contributed by atoms with Gasteiger partial charge in [-0.2, -0.15) is 0 Å². The maximum Gasteiger partial charge on any atom is 0.249 e. The molecule has 2 aromatic carbocycles. The van der Waals surface area contributed by atoms with Crippen LogP contribution >= 0.6 is 0 Å². The molecule has 0 radical (unpaired) electrons. The molecule has 0 spiro atoms. The Morgan fingerprint density at radius 3 is 2.33 bits per heavy atom. The SMILES string of the molecule is CCS(=O)(=O)c1ccc([C@@H](COCCOC)c2ccccc2C(N)=O)cc1. The second kappa shape index (κ2) is 9.64. The first kappa shape index (κ1) is 21.1. The molecule has 0 bridgehead atoms. The number of hydrogen-bond acceptors (Lipinski definition) is 5. The van der Waals surface area contributed by atoms with E-state index >= 15 is 0 Å². The van der Waals surface area contributed by atoms with Crippen LogP contribution in [-0.2, 0) is 19.3 Å². The number of ether oxygens (including phenoxy) is 2. The summed E-state index contributed by atoms with van der Waals surface area (Å²) in [5.74, 6) is -0.734. The number of hydrogen-bond donors (Lipinski definition) is 1. The molecule has 0 saturated heterocycles. The summed E-state index contributed by atoms with van der Waals surface area (Å²) in [6.07, 6.45) is 0. The first-order chi connectivity index (χ1) is 12.9. The predicted octanol–water partition coefficient (Wildman–Crippen LogP) is 2.37. The number of primary amides is 1. The molecule has 1 atom stereocenters. The van der Waals surface area contributed by atoms with Crippen molar-refractivity contribution in [1.29, 1.82) is 0 Å². The number of carbonyl (C=O) groups is 1. The first-order valence-corrected chi connectivity index (χ1v) is 10.3. The topological polar surface area (TPSA) is 95.7 Å². The molecule has 0 aromatic heterocycles. The molecule has 0 aliphatic carbocycles. The van der Waals surface area contributed by atoms with Crippen molar-refractivity contribution in [3.05, 3.63) is 65.2 Å². The maximum atomic E-state index is 12.0. The summed E-state index contributed by atoms with van der Waals surface area (Å²) in [4.78, 5) is 12.1. The highest BCUT2D eigenvalue weighted by Crippen LogP contribution is 2.29. The Labute approximate surface area is 160 Å². The maximum absolute atomic E-state index is 12.0. The van der Waals surface area contributed by atoms with Crippen LogP contribution in [0.15, 0.2) is 53.4 Å². The minimum Gasteiger partial charge on any atom is -0.382 e. The third-order valence-electron chi connectivity index (χ3n) is 4.34. The fraction of sp³-hybridized carbons (Fsp3) is 0.350. The Balaban J connectivity index is 2.40. The van der Waals surface area contributed by atoms with Crippen molar-refractivity contribution < 1.29 is 22.7 Å². The molecule has 0 aliphatic rings. The van der Waals surface area contributed by atoms with Crippen molar-refractivity contribution in [3.8, 4) is 0 Å². The van der Waals surface area contributed by atoms with E-state index in [1.165, 1.54) is 0 Å². The Kier molecular flexibility index (Phi) is 7.53. The number of amides is 1. The van der Waals surface area contributed by atoms with E-state index in [0.717, 1.165) is 11.1 Å². The quantitative estimate of drug-likeness (QED) is 0.627. The molecule has 0 saturated carbocycles. The molecule has 0 aliphatic heterocycles. The van der Waals surface area contributed by atoms with E-state index in [0.29, 0.717) is 25.4 Å². The van der Waals surface area contributed by atoms with E-state index in [4.69, 9.17) is 15.2 Å². The molecule has 146 valence electrons. The molecule has 6 nitrogen and oxygen atoms in total. The number of methoxy groups -OCH3 is 1. The van der Waals surface area contributed by atoms with Crippen LogP contribution in [0.4, 0.5) is 0 Å². The molecule has 2 N–H and O–H groups in total. The van der Waals surface area contributed by atoms with Gasteiger partial charge in [-0.3, -0.25) is 4.79 Å². The van der Waals surface area contributed by atoms with Gasteiger partial charge in [0.05, 0.1) is 30.5 Å². The van der Waals surface area contributed by atoms with Gasteiger partial charge < -0.3 is 15.2 Å². The second-order valence-electron chi connectivity index (χ2n) is 6.04. The highest BCUT2D eigenvalue weighted by atomic mass is 32.2. The Morgan fingerprint density at radius 1 is 1.07 bits per heavy atom. The highest BCUT2D eigenvalue weighted by molar-refractivity contribution is 7.91. The van der Waals surface area contributed by atoms with E-state index in [1.807, 2.05) is 12.1 Å². The van der Waals surface area contributed by atoms with Crippen molar-refractivity contribution in [2.75, 3.05) is 32.7 Å². The third-order valence-corrected chi connectivity index (χ3v) is 6.09. The highest BCUT2D eigenvalue weighted by Gasteiger charge is 2.21. The molecule has 0 unspecified atom stereocenters. The molecule has 0 heterocycles. The smallest absolute Gasteiger partial charge is 0.249 e. The van der Waals surface area contributed by atoms with Crippen molar-refractivity contribution in [2.45, 2.75) is 17.7 Å². The molecule has 27 heavy (non-hydrogen) atoms. The van der Waals surface area contributed by atoms with Gasteiger partial charge in [0.15, 0.2) is 9.84 Å². The number of nitrogens with two attached hydrogens (primary N) is 1. The molecule has 1 amide bonds. The van der Waals surface area contributed by atoms with Gasteiger partial charge in [-0.25, -0.2) is 8.42 Å². The van der Waals surface area contributed by atoms with Crippen LogP contribution in [0.3, 0.4) is 0 Å². The van der Waals surface area contributed by atoms with Gasteiger partial charge in [-0.1, -0.05) is 37.3 Å². The zero-order valence-electron chi connectivity index (χ0n) is 15.6. The third kappa shape index (κ3) is 5.38. The van der Waals surface area contributed by atoms with Crippen molar-refractivity contribution >= 4 is 15.7 Å². The van der Waals surface area contributed by atoms with Crippen LogP contribution in [0.1, 0.15) is 34.3 Å². The first-order valence-electron chi connectivity index (χ1n) is 8.68. The molecular weight excluding hydrogens is 366 g/mol. The lowest BCUT2D eigenvalue weighted by Crippen LogP contribution is -2.19. The second-order valence-corrected chi connectivity index (χ2v) is 8.32. The van der Waals surface area contributed by atoms with E-state index in [1.54, 1.807) is 50.4 Å². The van der Waals surface area contributed by atoms with Gasteiger partial charge in [0.25, 0.3) is 0 Å². The average molecular weight is 391 g/mol. The minimum absolute atomic E-state index is 0.0421. The summed E-state index contributed by atoms with van der Waals surface area (Å²) >= 11 is 0. The van der Waals surface area contributed by atoms with Crippen LogP contribution in [0.2, 0.25) is 0 Å². The number of sulfone groups is 1. The molecular formula is C20H25NO5S. The summed E-state index contributed by atoms with van der Waals surface area (Å²) in [5.41, 5.74) is 7.53. The van der Waals surface area contributed by atoms with E-state index < -0.39 is 15.7 Å². The van der Waals surface area contributed by atoms with Crippen LogP contribution in [0, 0.1) is 0 Å². The monoisotopic (exact) mass is 391 g/mol. The lowest BCUT2D eigenvalue weighted by molar-refractivity contribution is 0.0668. The van der Waals surface area contributed by atoms with E-state index in [-0.39, 0.29) is 16.6 Å². The fourth-order valence-corrected chi connectivity index (χ4v) is 3.69. The van der Waals surface area contributed by atoms with Crippen LogP contribution in [0.5, 0.6) is 0 Å². The average Bonchev–Trinajstić information content (AvgIpc) is 2.68. The largest absolute Gasteiger partial charge is 0.382 e.